The van der Waals surface area contributed by atoms with E-state index in [1.807, 2.05) is 6.92 Å². The Morgan fingerprint density at radius 1 is 1.63 bits per heavy atom. The standard InChI is InChI=1S/C13H21N3OS.ClH/c1-3-6-13(2,14)12(17)15-7-11-16-10(8-18-11)9-4-5-9;/h8-9H,3-7,14H2,1-2H3,(H,15,17);1H. The SMILES string of the molecule is CCCC(C)(N)C(=O)NCc1nc(C2CC2)cs1.Cl. The van der Waals surface area contributed by atoms with Gasteiger partial charge in [-0.1, -0.05) is 13.3 Å². The van der Waals surface area contributed by atoms with Gasteiger partial charge in [0.2, 0.25) is 5.91 Å². The van der Waals surface area contributed by atoms with E-state index < -0.39 is 5.54 Å². The first kappa shape index (κ1) is 16.4. The summed E-state index contributed by atoms with van der Waals surface area (Å²) in [6.07, 6.45) is 4.12. The monoisotopic (exact) mass is 303 g/mol. The van der Waals surface area contributed by atoms with Gasteiger partial charge in [0, 0.05) is 11.3 Å². The molecule has 0 radical (unpaired) electrons. The van der Waals surface area contributed by atoms with Crippen LogP contribution in [-0.2, 0) is 11.3 Å². The molecule has 1 aliphatic rings. The molecule has 1 atom stereocenters. The van der Waals surface area contributed by atoms with Gasteiger partial charge in [-0.25, -0.2) is 4.98 Å². The Balaban J connectivity index is 0.00000180. The van der Waals surface area contributed by atoms with Crippen molar-refractivity contribution in [1.82, 2.24) is 10.3 Å². The van der Waals surface area contributed by atoms with Crippen molar-refractivity contribution in [2.24, 2.45) is 5.73 Å². The topological polar surface area (TPSA) is 68.0 Å². The number of nitrogens with zero attached hydrogens (tertiary/aromatic N) is 1. The number of aromatic nitrogens is 1. The highest BCUT2D eigenvalue weighted by Gasteiger charge is 2.28. The number of nitrogens with one attached hydrogen (secondary N) is 1. The van der Waals surface area contributed by atoms with Crippen LogP contribution in [0.5, 0.6) is 0 Å². The van der Waals surface area contributed by atoms with Crippen LogP contribution in [0.3, 0.4) is 0 Å². The minimum absolute atomic E-state index is 0. The zero-order chi connectivity index (χ0) is 13.2. The van der Waals surface area contributed by atoms with Crippen molar-refractivity contribution < 1.29 is 4.79 Å². The van der Waals surface area contributed by atoms with Crippen LogP contribution in [0.1, 0.15) is 56.2 Å². The van der Waals surface area contributed by atoms with Crippen LogP contribution < -0.4 is 11.1 Å². The van der Waals surface area contributed by atoms with Crippen LogP contribution in [0.2, 0.25) is 0 Å². The molecule has 0 spiro atoms. The first-order valence-corrected chi connectivity index (χ1v) is 7.42. The van der Waals surface area contributed by atoms with E-state index in [0.717, 1.165) is 11.4 Å². The largest absolute Gasteiger partial charge is 0.348 e. The Hall–Kier alpha value is -0.650. The number of halogens is 1. The minimum Gasteiger partial charge on any atom is -0.348 e. The van der Waals surface area contributed by atoms with Gasteiger partial charge in [0.1, 0.15) is 5.01 Å². The molecule has 0 saturated heterocycles. The van der Waals surface area contributed by atoms with Crippen LogP contribution in [0.15, 0.2) is 5.38 Å². The Kier molecular flexibility index (Phi) is 5.77. The molecule has 1 aromatic heterocycles. The summed E-state index contributed by atoms with van der Waals surface area (Å²) in [5.41, 5.74) is 6.39. The van der Waals surface area contributed by atoms with Gasteiger partial charge in [-0.15, -0.1) is 23.7 Å². The molecule has 0 aromatic carbocycles. The van der Waals surface area contributed by atoms with Crippen LogP contribution >= 0.6 is 23.7 Å². The number of carbonyl (C=O) groups is 1. The molecule has 1 heterocycles. The molecule has 1 aliphatic carbocycles. The number of hydrogen-bond acceptors (Lipinski definition) is 4. The molecule has 6 heteroatoms. The maximum absolute atomic E-state index is 11.9. The quantitative estimate of drug-likeness (QED) is 0.848. The average Bonchev–Trinajstić information content (AvgIpc) is 3.06. The highest BCUT2D eigenvalue weighted by molar-refractivity contribution is 7.09. The van der Waals surface area contributed by atoms with E-state index in [-0.39, 0.29) is 18.3 Å². The maximum Gasteiger partial charge on any atom is 0.240 e. The Morgan fingerprint density at radius 2 is 2.32 bits per heavy atom. The van der Waals surface area contributed by atoms with E-state index in [2.05, 4.69) is 15.7 Å². The molecule has 3 N–H and O–H groups in total. The fourth-order valence-electron chi connectivity index (χ4n) is 1.96. The molecule has 108 valence electrons. The summed E-state index contributed by atoms with van der Waals surface area (Å²) < 4.78 is 0. The molecule has 1 aromatic rings. The second kappa shape index (κ2) is 6.68. The Labute approximate surface area is 124 Å². The summed E-state index contributed by atoms with van der Waals surface area (Å²) in [5.74, 6) is 0.582. The average molecular weight is 304 g/mol. The summed E-state index contributed by atoms with van der Waals surface area (Å²) in [7, 11) is 0. The third-order valence-electron chi connectivity index (χ3n) is 3.25. The molecule has 0 aliphatic heterocycles. The number of hydrogen-bond donors (Lipinski definition) is 2. The number of rotatable bonds is 6. The number of nitrogens with two attached hydrogens (primary N) is 1. The van der Waals surface area contributed by atoms with Gasteiger partial charge in [-0.3, -0.25) is 4.79 Å². The lowest BCUT2D eigenvalue weighted by Crippen LogP contribution is -2.51. The molecule has 1 saturated carbocycles. The number of amides is 1. The summed E-state index contributed by atoms with van der Waals surface area (Å²) in [6, 6.07) is 0. The van der Waals surface area contributed by atoms with Crippen LogP contribution in [0.25, 0.3) is 0 Å². The summed E-state index contributed by atoms with van der Waals surface area (Å²) >= 11 is 1.62. The van der Waals surface area contributed by atoms with Gasteiger partial charge in [0.05, 0.1) is 17.8 Å². The van der Waals surface area contributed by atoms with E-state index in [0.29, 0.717) is 18.9 Å². The van der Waals surface area contributed by atoms with E-state index >= 15 is 0 Å². The van der Waals surface area contributed by atoms with Crippen molar-refractivity contribution in [1.29, 1.82) is 0 Å². The Morgan fingerprint density at radius 3 is 2.89 bits per heavy atom. The lowest BCUT2D eigenvalue weighted by atomic mass is 9.97. The molecular formula is C13H22ClN3OS. The second-order valence-corrected chi connectivity index (χ2v) is 6.23. The third kappa shape index (κ3) is 4.44. The molecular weight excluding hydrogens is 282 g/mol. The van der Waals surface area contributed by atoms with Gasteiger partial charge in [-0.05, 0) is 26.2 Å². The van der Waals surface area contributed by atoms with Gasteiger partial charge >= 0.3 is 0 Å². The molecule has 2 rings (SSSR count). The van der Waals surface area contributed by atoms with Gasteiger partial charge in [-0.2, -0.15) is 0 Å². The molecule has 0 bridgehead atoms. The van der Waals surface area contributed by atoms with Crippen LogP contribution in [-0.4, -0.2) is 16.4 Å². The molecule has 4 nitrogen and oxygen atoms in total. The minimum atomic E-state index is -0.772. The van der Waals surface area contributed by atoms with Gasteiger partial charge in [0.25, 0.3) is 0 Å². The molecule has 1 fully saturated rings. The first-order chi connectivity index (χ1) is 8.53. The predicted molar refractivity (Wildman–Crippen MR) is 80.7 cm³/mol. The lowest BCUT2D eigenvalue weighted by Gasteiger charge is -2.22. The highest BCUT2D eigenvalue weighted by atomic mass is 35.5. The van der Waals surface area contributed by atoms with Crippen LogP contribution in [0, 0.1) is 0 Å². The van der Waals surface area contributed by atoms with E-state index in [9.17, 15) is 4.79 Å². The van der Waals surface area contributed by atoms with Crippen molar-refractivity contribution in [3.63, 3.8) is 0 Å². The summed E-state index contributed by atoms with van der Waals surface area (Å²) in [5, 5.41) is 5.95. The van der Waals surface area contributed by atoms with Gasteiger partial charge < -0.3 is 11.1 Å². The van der Waals surface area contributed by atoms with Crippen molar-refractivity contribution in [2.45, 2.75) is 57.5 Å². The van der Waals surface area contributed by atoms with E-state index in [1.54, 1.807) is 18.3 Å². The predicted octanol–water partition coefficient (Wildman–Crippen LogP) is 2.58. The second-order valence-electron chi connectivity index (χ2n) is 5.29. The van der Waals surface area contributed by atoms with Crippen molar-refractivity contribution >= 4 is 29.7 Å². The van der Waals surface area contributed by atoms with E-state index in [1.165, 1.54) is 18.5 Å². The number of thiazole rings is 1. The molecule has 19 heavy (non-hydrogen) atoms. The Bertz CT molecular complexity index is 429. The first-order valence-electron chi connectivity index (χ1n) is 6.54. The summed E-state index contributed by atoms with van der Waals surface area (Å²) in [6.45, 7) is 4.30. The van der Waals surface area contributed by atoms with Crippen LogP contribution in [0.4, 0.5) is 0 Å². The van der Waals surface area contributed by atoms with Crippen molar-refractivity contribution in [2.75, 3.05) is 0 Å². The fraction of sp³-hybridized carbons (Fsp3) is 0.692. The van der Waals surface area contributed by atoms with Crippen molar-refractivity contribution in [3.8, 4) is 0 Å². The zero-order valence-corrected chi connectivity index (χ0v) is 13.1. The van der Waals surface area contributed by atoms with Gasteiger partial charge in [0.15, 0.2) is 0 Å². The van der Waals surface area contributed by atoms with Crippen molar-refractivity contribution in [3.05, 3.63) is 16.1 Å². The fourth-order valence-corrected chi connectivity index (χ4v) is 2.78. The number of carbonyl (C=O) groups excluding carboxylic acids is 1. The normalized spacial score (nSPS) is 17.4. The lowest BCUT2D eigenvalue weighted by molar-refractivity contribution is -0.126. The third-order valence-corrected chi connectivity index (χ3v) is 4.12. The highest BCUT2D eigenvalue weighted by Crippen LogP contribution is 2.40. The molecule has 1 unspecified atom stereocenters. The zero-order valence-electron chi connectivity index (χ0n) is 11.4. The summed E-state index contributed by atoms with van der Waals surface area (Å²) in [4.78, 5) is 16.5. The maximum atomic E-state index is 11.9. The molecule has 1 amide bonds. The smallest absolute Gasteiger partial charge is 0.240 e. The van der Waals surface area contributed by atoms with E-state index in [4.69, 9.17) is 5.73 Å².